The molecule has 3 amide bonds. The molecule has 0 saturated carbocycles. The molecule has 1 aromatic carbocycles. The zero-order chi connectivity index (χ0) is 16.1. The summed E-state index contributed by atoms with van der Waals surface area (Å²) in [6.07, 6.45) is 0. The SMILES string of the molecule is CNC(=O)NC(=O)[C@@H](C)N1CCN(c2ccccc2O)CC1. The number of carbonyl (C=O) groups is 2. The van der Waals surface area contributed by atoms with Crippen molar-refractivity contribution in [3.63, 3.8) is 0 Å². The highest BCUT2D eigenvalue weighted by atomic mass is 16.3. The standard InChI is InChI=1S/C15H22N4O3/c1-11(14(21)17-15(22)16-2)18-7-9-19(10-8-18)12-5-3-4-6-13(12)20/h3-6,11,20H,7-10H2,1-2H3,(H2,16,17,21,22)/t11-/m1/s1. The molecule has 1 aromatic rings. The Morgan fingerprint density at radius 1 is 1.18 bits per heavy atom. The first-order valence-electron chi connectivity index (χ1n) is 7.32. The maximum absolute atomic E-state index is 12.0. The quantitative estimate of drug-likeness (QED) is 0.751. The van der Waals surface area contributed by atoms with E-state index >= 15 is 0 Å². The van der Waals surface area contributed by atoms with E-state index in [0.717, 1.165) is 18.8 Å². The molecule has 0 unspecified atom stereocenters. The van der Waals surface area contributed by atoms with Crippen LogP contribution in [-0.2, 0) is 4.79 Å². The monoisotopic (exact) mass is 306 g/mol. The lowest BCUT2D eigenvalue weighted by molar-refractivity contribution is -0.124. The lowest BCUT2D eigenvalue weighted by Crippen LogP contribution is -2.55. The van der Waals surface area contributed by atoms with Gasteiger partial charge in [-0.3, -0.25) is 15.0 Å². The number of hydrogen-bond acceptors (Lipinski definition) is 5. The molecule has 22 heavy (non-hydrogen) atoms. The lowest BCUT2D eigenvalue weighted by atomic mass is 10.2. The minimum absolute atomic E-state index is 0.265. The number of nitrogens with one attached hydrogen (secondary N) is 2. The van der Waals surface area contributed by atoms with Gasteiger partial charge >= 0.3 is 6.03 Å². The summed E-state index contributed by atoms with van der Waals surface area (Å²) in [5.41, 5.74) is 0.810. The van der Waals surface area contributed by atoms with E-state index in [9.17, 15) is 14.7 Å². The van der Waals surface area contributed by atoms with Gasteiger partial charge in [0.05, 0.1) is 11.7 Å². The van der Waals surface area contributed by atoms with Gasteiger partial charge in [0.15, 0.2) is 0 Å². The zero-order valence-electron chi connectivity index (χ0n) is 12.9. The highest BCUT2D eigenvalue weighted by molar-refractivity contribution is 5.96. The summed E-state index contributed by atoms with van der Waals surface area (Å²) in [5.74, 6) is -0.0447. The Morgan fingerprint density at radius 2 is 1.82 bits per heavy atom. The van der Waals surface area contributed by atoms with Gasteiger partial charge in [0.25, 0.3) is 0 Å². The van der Waals surface area contributed by atoms with Crippen LogP contribution in [0.2, 0.25) is 0 Å². The summed E-state index contributed by atoms with van der Waals surface area (Å²) in [6, 6.07) is 6.36. The average molecular weight is 306 g/mol. The minimum Gasteiger partial charge on any atom is -0.506 e. The van der Waals surface area contributed by atoms with Gasteiger partial charge < -0.3 is 15.3 Å². The van der Waals surface area contributed by atoms with E-state index in [1.807, 2.05) is 17.0 Å². The number of piperazine rings is 1. The largest absolute Gasteiger partial charge is 0.506 e. The molecule has 0 aliphatic carbocycles. The number of urea groups is 1. The van der Waals surface area contributed by atoms with Gasteiger partial charge in [-0.15, -0.1) is 0 Å². The molecule has 2 rings (SSSR count). The van der Waals surface area contributed by atoms with Gasteiger partial charge in [-0.05, 0) is 19.1 Å². The van der Waals surface area contributed by atoms with Crippen molar-refractivity contribution in [1.82, 2.24) is 15.5 Å². The van der Waals surface area contributed by atoms with E-state index in [4.69, 9.17) is 0 Å². The Morgan fingerprint density at radius 3 is 2.41 bits per heavy atom. The first-order valence-corrected chi connectivity index (χ1v) is 7.32. The van der Waals surface area contributed by atoms with E-state index in [0.29, 0.717) is 13.1 Å². The third-order valence-corrected chi connectivity index (χ3v) is 3.93. The summed E-state index contributed by atoms with van der Waals surface area (Å²) in [4.78, 5) is 27.3. The number of phenolic OH excluding ortho intramolecular Hbond substituents is 1. The van der Waals surface area contributed by atoms with E-state index in [-0.39, 0.29) is 17.7 Å². The Kier molecular flexibility index (Phi) is 5.21. The number of para-hydroxylation sites is 2. The van der Waals surface area contributed by atoms with Crippen molar-refractivity contribution in [3.05, 3.63) is 24.3 Å². The molecule has 1 heterocycles. The number of hydrogen-bond donors (Lipinski definition) is 3. The first-order chi connectivity index (χ1) is 10.5. The number of aromatic hydroxyl groups is 1. The van der Waals surface area contributed by atoms with Crippen LogP contribution in [0.25, 0.3) is 0 Å². The molecule has 0 bridgehead atoms. The predicted octanol–water partition coefficient (Wildman–Crippen LogP) is 0.358. The number of anilines is 1. The van der Waals surface area contributed by atoms with Crippen molar-refractivity contribution >= 4 is 17.6 Å². The van der Waals surface area contributed by atoms with E-state index in [1.54, 1.807) is 19.1 Å². The topological polar surface area (TPSA) is 84.9 Å². The van der Waals surface area contributed by atoms with Crippen molar-refractivity contribution < 1.29 is 14.7 Å². The molecule has 1 aliphatic heterocycles. The van der Waals surface area contributed by atoms with Gasteiger partial charge in [-0.25, -0.2) is 4.79 Å². The number of amides is 3. The number of rotatable bonds is 3. The molecule has 0 aromatic heterocycles. The molecule has 1 fully saturated rings. The Bertz CT molecular complexity index is 541. The van der Waals surface area contributed by atoms with Gasteiger partial charge in [-0.1, -0.05) is 12.1 Å². The fourth-order valence-electron chi connectivity index (χ4n) is 2.53. The number of carbonyl (C=O) groups excluding carboxylic acids is 2. The number of phenols is 1. The molecule has 1 atom stereocenters. The van der Waals surface area contributed by atoms with E-state index < -0.39 is 6.03 Å². The molecule has 0 spiro atoms. The molecule has 120 valence electrons. The van der Waals surface area contributed by atoms with Crippen LogP contribution in [0.3, 0.4) is 0 Å². The summed E-state index contributed by atoms with van der Waals surface area (Å²) in [6.45, 7) is 4.60. The maximum atomic E-state index is 12.0. The number of benzene rings is 1. The molecule has 3 N–H and O–H groups in total. The smallest absolute Gasteiger partial charge is 0.321 e. The van der Waals surface area contributed by atoms with Crippen molar-refractivity contribution in [3.8, 4) is 5.75 Å². The zero-order valence-corrected chi connectivity index (χ0v) is 12.9. The van der Waals surface area contributed by atoms with Crippen molar-refractivity contribution in [2.45, 2.75) is 13.0 Å². The second-order valence-corrected chi connectivity index (χ2v) is 5.26. The molecule has 7 nitrogen and oxygen atoms in total. The van der Waals surface area contributed by atoms with Gasteiger partial charge in [0, 0.05) is 33.2 Å². The van der Waals surface area contributed by atoms with Gasteiger partial charge in [-0.2, -0.15) is 0 Å². The molecular formula is C15H22N4O3. The summed E-state index contributed by atoms with van der Waals surface area (Å²) < 4.78 is 0. The molecule has 7 heteroatoms. The third kappa shape index (κ3) is 3.67. The highest BCUT2D eigenvalue weighted by Gasteiger charge is 2.27. The summed E-state index contributed by atoms with van der Waals surface area (Å²) in [7, 11) is 1.47. The van der Waals surface area contributed by atoms with Crippen molar-refractivity contribution in [1.29, 1.82) is 0 Å². The lowest BCUT2D eigenvalue weighted by Gasteiger charge is -2.38. The molecule has 1 saturated heterocycles. The van der Waals surface area contributed by atoms with Crippen LogP contribution < -0.4 is 15.5 Å². The number of nitrogens with zero attached hydrogens (tertiary/aromatic N) is 2. The number of imide groups is 1. The minimum atomic E-state index is -0.496. The molecular weight excluding hydrogens is 284 g/mol. The van der Waals surface area contributed by atoms with Crippen LogP contribution in [-0.4, -0.2) is 61.2 Å². The van der Waals surface area contributed by atoms with Crippen molar-refractivity contribution in [2.75, 3.05) is 38.1 Å². The first kappa shape index (κ1) is 16.1. The van der Waals surface area contributed by atoms with E-state index in [1.165, 1.54) is 7.05 Å². The summed E-state index contributed by atoms with van der Waals surface area (Å²) >= 11 is 0. The maximum Gasteiger partial charge on any atom is 0.321 e. The van der Waals surface area contributed by atoms with Gasteiger partial charge in [0.1, 0.15) is 5.75 Å². The van der Waals surface area contributed by atoms with Gasteiger partial charge in [0.2, 0.25) is 5.91 Å². The summed E-state index contributed by atoms with van der Waals surface area (Å²) in [5, 5.41) is 14.5. The van der Waals surface area contributed by atoms with E-state index in [2.05, 4.69) is 15.5 Å². The Hall–Kier alpha value is -2.28. The second-order valence-electron chi connectivity index (χ2n) is 5.26. The molecule has 0 radical (unpaired) electrons. The normalized spacial score (nSPS) is 16.9. The van der Waals surface area contributed by atoms with Crippen LogP contribution in [0.5, 0.6) is 5.75 Å². The highest BCUT2D eigenvalue weighted by Crippen LogP contribution is 2.27. The predicted molar refractivity (Wildman–Crippen MR) is 84.0 cm³/mol. The fourth-order valence-corrected chi connectivity index (χ4v) is 2.53. The Balaban J connectivity index is 1.90. The fraction of sp³-hybridized carbons (Fsp3) is 0.467. The van der Waals surface area contributed by atoms with Crippen LogP contribution in [0, 0.1) is 0 Å². The van der Waals surface area contributed by atoms with Crippen LogP contribution in [0.4, 0.5) is 10.5 Å². The van der Waals surface area contributed by atoms with Crippen LogP contribution in [0.15, 0.2) is 24.3 Å². The second kappa shape index (κ2) is 7.13. The third-order valence-electron chi connectivity index (χ3n) is 3.93. The average Bonchev–Trinajstić information content (AvgIpc) is 2.54. The Labute approximate surface area is 129 Å². The van der Waals surface area contributed by atoms with Crippen LogP contribution >= 0.6 is 0 Å². The molecule has 1 aliphatic rings. The van der Waals surface area contributed by atoms with Crippen LogP contribution in [0.1, 0.15) is 6.92 Å². The van der Waals surface area contributed by atoms with Crippen molar-refractivity contribution in [2.24, 2.45) is 0 Å².